The summed E-state index contributed by atoms with van der Waals surface area (Å²) >= 11 is 0. The first-order valence-electron chi connectivity index (χ1n) is 4.30. The second-order valence-electron chi connectivity index (χ2n) is 3.02. The quantitative estimate of drug-likeness (QED) is 0.457. The smallest absolute Gasteiger partial charge is 0.226 e. The van der Waals surface area contributed by atoms with E-state index in [4.69, 9.17) is 4.42 Å². The van der Waals surface area contributed by atoms with Gasteiger partial charge in [-0.1, -0.05) is 0 Å². The van der Waals surface area contributed by atoms with Crippen molar-refractivity contribution in [3.8, 4) is 5.75 Å². The van der Waals surface area contributed by atoms with E-state index in [9.17, 15) is 20.0 Å². The molecule has 0 aromatic carbocycles. The zero-order chi connectivity index (χ0) is 12.3. The Morgan fingerprint density at radius 2 is 2.31 bits per heavy atom. The minimum atomic E-state index is -1.55. The van der Waals surface area contributed by atoms with E-state index < -0.39 is 22.5 Å². The lowest BCUT2D eigenvalue weighted by atomic mass is 10.1. The van der Waals surface area contributed by atoms with Gasteiger partial charge >= 0.3 is 0 Å². The fraction of sp³-hybridized carbons (Fsp3) is 0.333. The summed E-state index contributed by atoms with van der Waals surface area (Å²) in [6.07, 6.45) is -0.553. The predicted molar refractivity (Wildman–Crippen MR) is 52.4 cm³/mol. The second-order valence-corrected chi connectivity index (χ2v) is 3.02. The van der Waals surface area contributed by atoms with Crippen molar-refractivity contribution in [1.82, 2.24) is 0 Å². The van der Waals surface area contributed by atoms with Crippen LogP contribution in [0.2, 0.25) is 0 Å². The molecule has 0 aliphatic carbocycles. The van der Waals surface area contributed by atoms with Crippen LogP contribution in [0.4, 0.5) is 0 Å². The molecule has 1 unspecified atom stereocenters. The number of nitro groups is 1. The maximum Gasteiger partial charge on any atom is 0.226 e. The van der Waals surface area contributed by atoms with E-state index in [1.165, 1.54) is 7.11 Å². The summed E-state index contributed by atoms with van der Waals surface area (Å²) < 4.78 is 9.52. The minimum absolute atomic E-state index is 0.0327. The molecule has 1 rings (SSSR count). The Balaban J connectivity index is 3.02. The maximum atomic E-state index is 11.3. The summed E-state index contributed by atoms with van der Waals surface area (Å²) in [7, 11) is 1.29. The first-order valence-corrected chi connectivity index (χ1v) is 4.30. The molecule has 0 spiro atoms. The number of hydrogen-bond donors (Lipinski definition) is 1. The van der Waals surface area contributed by atoms with Crippen molar-refractivity contribution in [1.29, 1.82) is 0 Å². The van der Waals surface area contributed by atoms with Gasteiger partial charge in [0.25, 0.3) is 0 Å². The lowest BCUT2D eigenvalue weighted by Crippen LogP contribution is -2.17. The highest BCUT2D eigenvalue weighted by Gasteiger charge is 2.17. The Morgan fingerprint density at radius 3 is 2.75 bits per heavy atom. The van der Waals surface area contributed by atoms with Crippen molar-refractivity contribution in [2.24, 2.45) is 0 Å². The molecule has 1 atom stereocenters. The van der Waals surface area contributed by atoms with Crippen LogP contribution in [0.25, 0.3) is 0 Å². The monoisotopic (exact) mass is 228 g/mol. The van der Waals surface area contributed by atoms with Gasteiger partial charge in [-0.05, 0) is 6.04 Å². The molecule has 1 aromatic heterocycles. The number of nitrogens with zero attached hydrogens (tertiary/aromatic N) is 1. The third-order valence-corrected chi connectivity index (χ3v) is 1.99. The normalized spacial score (nSPS) is 11.9. The summed E-state index contributed by atoms with van der Waals surface area (Å²) in [6.45, 7) is 1.13. The van der Waals surface area contributed by atoms with E-state index in [1.54, 1.807) is 0 Å². The predicted octanol–water partition coefficient (Wildman–Crippen LogP) is 0.510. The molecule has 1 heterocycles. The van der Waals surface area contributed by atoms with Gasteiger partial charge in [0, 0.05) is 6.07 Å². The summed E-state index contributed by atoms with van der Waals surface area (Å²) in [5, 5.41) is 19.9. The van der Waals surface area contributed by atoms with Gasteiger partial charge in [-0.15, -0.1) is 11.8 Å². The summed E-state index contributed by atoms with van der Waals surface area (Å²) in [5.41, 5.74) is -0.515. The third-order valence-electron chi connectivity index (χ3n) is 1.99. The van der Waals surface area contributed by atoms with Gasteiger partial charge in [0.15, 0.2) is 0 Å². The Morgan fingerprint density at radius 1 is 1.69 bits per heavy atom. The topological polar surface area (TPSA) is 103 Å². The van der Waals surface area contributed by atoms with Gasteiger partial charge in [0.2, 0.25) is 11.2 Å². The van der Waals surface area contributed by atoms with Crippen LogP contribution < -0.4 is 10.2 Å². The Hall–Kier alpha value is -2.02. The molecule has 88 valence electrons. The fourth-order valence-corrected chi connectivity index (χ4v) is 1.01. The molecule has 0 aliphatic rings. The molecule has 0 amide bonds. The first-order chi connectivity index (χ1) is 7.47. The summed E-state index contributed by atoms with van der Waals surface area (Å²) in [4.78, 5) is 20.9. The average molecular weight is 228 g/mol. The van der Waals surface area contributed by atoms with Crippen molar-refractivity contribution in [2.75, 3.05) is 7.11 Å². The second kappa shape index (κ2) is 4.67. The highest BCUT2D eigenvalue weighted by Crippen LogP contribution is 2.23. The molecule has 7 nitrogen and oxygen atoms in total. The third kappa shape index (κ3) is 2.31. The molecule has 0 radical (unpaired) electrons. The Kier molecular flexibility index (Phi) is 3.51. The van der Waals surface area contributed by atoms with Crippen LogP contribution in [0, 0.1) is 16.2 Å². The molecular formula is C9H10NO6-. The van der Waals surface area contributed by atoms with Gasteiger partial charge in [-0.25, -0.2) is 0 Å². The van der Waals surface area contributed by atoms with E-state index >= 15 is 0 Å². The Labute approximate surface area is 90.4 Å². The van der Waals surface area contributed by atoms with Crippen LogP contribution in [-0.2, 0) is 0 Å². The van der Waals surface area contributed by atoms with Crippen LogP contribution in [0.1, 0.15) is 18.8 Å². The van der Waals surface area contributed by atoms with Gasteiger partial charge in [-0.2, -0.15) is 0 Å². The number of rotatable bonds is 4. The average Bonchev–Trinajstić information content (AvgIpc) is 2.26. The number of aliphatic hydroxyl groups excluding tert-OH is 1. The lowest BCUT2D eigenvalue weighted by molar-refractivity contribution is -0.476. The fourth-order valence-electron chi connectivity index (χ4n) is 1.01. The van der Waals surface area contributed by atoms with E-state index in [-0.39, 0.29) is 11.5 Å². The molecule has 0 aliphatic heterocycles. The molecule has 0 bridgehead atoms. The molecule has 1 N–H and O–H groups in total. The van der Waals surface area contributed by atoms with E-state index in [0.717, 1.165) is 19.3 Å². The number of ether oxygens (including phenoxy) is 1. The molecule has 0 saturated carbocycles. The van der Waals surface area contributed by atoms with E-state index in [1.807, 2.05) is 0 Å². The van der Waals surface area contributed by atoms with Gasteiger partial charge in [0.1, 0.15) is 12.0 Å². The number of aliphatic hydroxyl groups is 1. The van der Waals surface area contributed by atoms with Crippen molar-refractivity contribution in [2.45, 2.75) is 13.0 Å². The van der Waals surface area contributed by atoms with Crippen LogP contribution in [0.3, 0.4) is 0 Å². The van der Waals surface area contributed by atoms with Crippen LogP contribution in [-0.4, -0.2) is 17.1 Å². The zero-order valence-corrected chi connectivity index (χ0v) is 8.67. The van der Waals surface area contributed by atoms with Gasteiger partial charge in [-0.3, -0.25) is 14.9 Å². The minimum Gasteiger partial charge on any atom is -0.490 e. The Bertz CT molecular complexity index is 440. The van der Waals surface area contributed by atoms with E-state index in [0.29, 0.717) is 0 Å². The van der Waals surface area contributed by atoms with Gasteiger partial charge in [0.05, 0.1) is 13.2 Å². The summed E-state index contributed by atoms with van der Waals surface area (Å²) in [5.74, 6) is -0.227. The first kappa shape index (κ1) is 12.1. The van der Waals surface area contributed by atoms with Gasteiger partial charge < -0.3 is 14.3 Å². The molecular weight excluding hydrogens is 218 g/mol. The van der Waals surface area contributed by atoms with E-state index in [2.05, 4.69) is 4.74 Å². The van der Waals surface area contributed by atoms with Crippen molar-refractivity contribution < 1.29 is 19.2 Å². The molecule has 0 saturated heterocycles. The molecule has 7 heteroatoms. The number of hydrogen-bond acceptors (Lipinski definition) is 6. The summed E-state index contributed by atoms with van der Waals surface area (Å²) in [6, 6.07) is 0.532. The van der Waals surface area contributed by atoms with Crippen LogP contribution in [0.15, 0.2) is 21.5 Å². The van der Waals surface area contributed by atoms with Crippen LogP contribution in [0.5, 0.6) is 5.75 Å². The number of methoxy groups -OCH3 is 1. The zero-order valence-electron chi connectivity index (χ0n) is 8.67. The maximum absolute atomic E-state index is 11.3. The highest BCUT2D eigenvalue weighted by molar-refractivity contribution is 5.19. The van der Waals surface area contributed by atoms with Crippen molar-refractivity contribution >= 4 is 0 Å². The highest BCUT2D eigenvalue weighted by atomic mass is 16.6. The molecule has 1 aromatic rings. The SMILES string of the molecule is COc1coc(C(O)[C-](C)[N+](=O)[O-])cc1=O. The van der Waals surface area contributed by atoms with Crippen LogP contribution >= 0.6 is 0 Å². The molecule has 16 heavy (non-hydrogen) atoms. The largest absolute Gasteiger partial charge is 0.490 e. The molecule has 0 fully saturated rings. The lowest BCUT2D eigenvalue weighted by Gasteiger charge is -2.21. The van der Waals surface area contributed by atoms with Crippen molar-refractivity contribution in [3.05, 3.63) is 44.5 Å². The standard InChI is InChI=1S/C9H10NO6/c1-5(10(13)14)9(12)7-3-6(11)8(15-2)4-16-7/h3-4,9,12H,1-2H3/q-1. The van der Waals surface area contributed by atoms with Crippen molar-refractivity contribution in [3.63, 3.8) is 0 Å².